The maximum absolute atomic E-state index is 13.6. The third-order valence-electron chi connectivity index (χ3n) is 3.08. The normalized spacial score (nSPS) is 10.4. The van der Waals surface area contributed by atoms with Gasteiger partial charge < -0.3 is 11.1 Å². The van der Waals surface area contributed by atoms with E-state index in [1.807, 2.05) is 19.1 Å². The van der Waals surface area contributed by atoms with Crippen LogP contribution < -0.4 is 11.1 Å². The first-order chi connectivity index (χ1) is 9.38. The lowest BCUT2D eigenvalue weighted by atomic mass is 10.1. The highest BCUT2D eigenvalue weighted by molar-refractivity contribution is 9.10. The quantitative estimate of drug-likeness (QED) is 0.813. The molecule has 5 heteroatoms. The molecule has 1 amide bonds. The van der Waals surface area contributed by atoms with E-state index in [1.165, 1.54) is 12.1 Å². The van der Waals surface area contributed by atoms with Crippen molar-refractivity contribution >= 4 is 33.2 Å². The van der Waals surface area contributed by atoms with Crippen LogP contribution in [-0.2, 0) is 0 Å². The van der Waals surface area contributed by atoms with E-state index in [4.69, 9.17) is 5.73 Å². The van der Waals surface area contributed by atoms with E-state index < -0.39 is 5.82 Å². The van der Waals surface area contributed by atoms with Crippen LogP contribution in [0.4, 0.5) is 15.8 Å². The Morgan fingerprint density at radius 2 is 1.95 bits per heavy atom. The van der Waals surface area contributed by atoms with Crippen LogP contribution in [0.25, 0.3) is 0 Å². The summed E-state index contributed by atoms with van der Waals surface area (Å²) < 4.78 is 14.5. The maximum atomic E-state index is 13.6. The van der Waals surface area contributed by atoms with Crippen molar-refractivity contribution in [3.8, 4) is 0 Å². The summed E-state index contributed by atoms with van der Waals surface area (Å²) in [5, 5.41) is 2.75. The predicted octanol–water partition coefficient (Wildman–Crippen LogP) is 4.04. The third-order valence-corrected chi connectivity index (χ3v) is 3.58. The number of anilines is 2. The van der Waals surface area contributed by atoms with Crippen LogP contribution in [0, 0.1) is 19.7 Å². The average Bonchev–Trinajstić information content (AvgIpc) is 2.38. The number of rotatable bonds is 2. The summed E-state index contributed by atoms with van der Waals surface area (Å²) in [7, 11) is 0. The fourth-order valence-electron chi connectivity index (χ4n) is 1.79. The first-order valence-corrected chi connectivity index (χ1v) is 6.81. The van der Waals surface area contributed by atoms with Gasteiger partial charge in [-0.25, -0.2) is 4.39 Å². The van der Waals surface area contributed by atoms with Crippen LogP contribution in [0.2, 0.25) is 0 Å². The molecule has 0 atom stereocenters. The molecule has 0 aliphatic carbocycles. The average molecular weight is 337 g/mol. The standard InChI is InChI=1S/C15H14BrFN2O/c1-8-5-11(16)3-4-14(8)19-15(20)10-6-12(17)9(2)13(18)7-10/h3-7H,18H2,1-2H3,(H,19,20). The summed E-state index contributed by atoms with van der Waals surface area (Å²) in [6.45, 7) is 3.45. The fraction of sp³-hybridized carbons (Fsp3) is 0.133. The van der Waals surface area contributed by atoms with Crippen molar-refractivity contribution < 1.29 is 9.18 Å². The number of nitrogens with two attached hydrogens (primary N) is 1. The molecular formula is C15H14BrFN2O. The molecule has 0 bridgehead atoms. The lowest BCUT2D eigenvalue weighted by Gasteiger charge is -2.10. The Bertz CT molecular complexity index is 663. The predicted molar refractivity (Wildman–Crippen MR) is 82.4 cm³/mol. The number of carbonyl (C=O) groups excluding carboxylic acids is 1. The molecule has 104 valence electrons. The number of aryl methyl sites for hydroxylation is 1. The number of carbonyl (C=O) groups is 1. The van der Waals surface area contributed by atoms with Gasteiger partial charge in [0.05, 0.1) is 0 Å². The molecule has 2 aromatic carbocycles. The summed E-state index contributed by atoms with van der Waals surface area (Å²) in [5.41, 5.74) is 8.08. The Hall–Kier alpha value is -1.88. The lowest BCUT2D eigenvalue weighted by molar-refractivity contribution is 0.102. The van der Waals surface area contributed by atoms with Gasteiger partial charge in [-0.3, -0.25) is 4.79 Å². The minimum absolute atomic E-state index is 0.202. The van der Waals surface area contributed by atoms with Gasteiger partial charge >= 0.3 is 0 Å². The molecular weight excluding hydrogens is 323 g/mol. The highest BCUT2D eigenvalue weighted by atomic mass is 79.9. The van der Waals surface area contributed by atoms with Crippen molar-refractivity contribution in [1.82, 2.24) is 0 Å². The van der Waals surface area contributed by atoms with Gasteiger partial charge in [0.15, 0.2) is 0 Å². The Labute approximate surface area is 125 Å². The van der Waals surface area contributed by atoms with Crippen molar-refractivity contribution in [2.75, 3.05) is 11.1 Å². The van der Waals surface area contributed by atoms with Crippen LogP contribution >= 0.6 is 15.9 Å². The number of hydrogen-bond acceptors (Lipinski definition) is 2. The van der Waals surface area contributed by atoms with Crippen molar-refractivity contribution in [3.05, 3.63) is 57.3 Å². The van der Waals surface area contributed by atoms with Gasteiger partial charge in [0.1, 0.15) is 5.82 Å². The van der Waals surface area contributed by atoms with E-state index in [9.17, 15) is 9.18 Å². The molecule has 0 saturated heterocycles. The van der Waals surface area contributed by atoms with Gasteiger partial charge in [-0.05, 0) is 49.7 Å². The number of nitrogen functional groups attached to an aromatic ring is 1. The second kappa shape index (κ2) is 5.63. The summed E-state index contributed by atoms with van der Waals surface area (Å²) >= 11 is 3.36. The molecule has 0 unspecified atom stereocenters. The highest BCUT2D eigenvalue weighted by Crippen LogP contribution is 2.22. The molecule has 3 nitrogen and oxygen atoms in total. The summed E-state index contributed by atoms with van der Waals surface area (Å²) in [4.78, 5) is 12.1. The molecule has 0 aliphatic heterocycles. The van der Waals surface area contributed by atoms with E-state index >= 15 is 0 Å². The molecule has 20 heavy (non-hydrogen) atoms. The first kappa shape index (κ1) is 14.5. The third kappa shape index (κ3) is 2.99. The minimum atomic E-state index is -0.484. The Morgan fingerprint density at radius 3 is 2.55 bits per heavy atom. The number of benzene rings is 2. The molecule has 0 aromatic heterocycles. The van der Waals surface area contributed by atoms with Crippen LogP contribution in [0.3, 0.4) is 0 Å². The minimum Gasteiger partial charge on any atom is -0.398 e. The van der Waals surface area contributed by atoms with Gasteiger partial charge in [0.2, 0.25) is 0 Å². The molecule has 0 radical (unpaired) electrons. The molecule has 2 rings (SSSR count). The van der Waals surface area contributed by atoms with Crippen LogP contribution in [-0.4, -0.2) is 5.91 Å². The second-order valence-corrected chi connectivity index (χ2v) is 5.50. The van der Waals surface area contributed by atoms with Gasteiger partial charge in [-0.2, -0.15) is 0 Å². The van der Waals surface area contributed by atoms with Gasteiger partial charge in [-0.15, -0.1) is 0 Å². The number of halogens is 2. The molecule has 0 heterocycles. The smallest absolute Gasteiger partial charge is 0.255 e. The van der Waals surface area contributed by atoms with Crippen LogP contribution in [0.1, 0.15) is 21.5 Å². The van der Waals surface area contributed by atoms with Crippen LogP contribution in [0.15, 0.2) is 34.8 Å². The number of amides is 1. The zero-order chi connectivity index (χ0) is 14.9. The zero-order valence-electron chi connectivity index (χ0n) is 11.1. The van der Waals surface area contributed by atoms with Gasteiger partial charge in [0.25, 0.3) is 5.91 Å². The molecule has 3 N–H and O–H groups in total. The number of hydrogen-bond donors (Lipinski definition) is 2. The first-order valence-electron chi connectivity index (χ1n) is 6.01. The summed E-state index contributed by atoms with van der Waals surface area (Å²) in [5.74, 6) is -0.872. The monoisotopic (exact) mass is 336 g/mol. The molecule has 2 aromatic rings. The van der Waals surface area contributed by atoms with Gasteiger partial charge in [0, 0.05) is 27.0 Å². The zero-order valence-corrected chi connectivity index (χ0v) is 12.7. The van der Waals surface area contributed by atoms with Crippen molar-refractivity contribution in [2.24, 2.45) is 0 Å². The molecule has 0 aliphatic rings. The Morgan fingerprint density at radius 1 is 1.25 bits per heavy atom. The van der Waals surface area contributed by atoms with Crippen LogP contribution in [0.5, 0.6) is 0 Å². The van der Waals surface area contributed by atoms with E-state index in [-0.39, 0.29) is 17.2 Å². The summed E-state index contributed by atoms with van der Waals surface area (Å²) in [6, 6.07) is 8.16. The molecule has 0 spiro atoms. The van der Waals surface area contributed by atoms with Crippen molar-refractivity contribution in [1.29, 1.82) is 0 Å². The van der Waals surface area contributed by atoms with E-state index in [2.05, 4.69) is 21.2 Å². The fourth-order valence-corrected chi connectivity index (χ4v) is 2.27. The Balaban J connectivity index is 2.28. The Kier molecular flexibility index (Phi) is 4.09. The summed E-state index contributed by atoms with van der Waals surface area (Å²) in [6.07, 6.45) is 0. The van der Waals surface area contributed by atoms with E-state index in [1.54, 1.807) is 13.0 Å². The topological polar surface area (TPSA) is 55.1 Å². The van der Waals surface area contributed by atoms with E-state index in [0.717, 1.165) is 10.0 Å². The van der Waals surface area contributed by atoms with Crippen molar-refractivity contribution in [3.63, 3.8) is 0 Å². The largest absolute Gasteiger partial charge is 0.398 e. The second-order valence-electron chi connectivity index (χ2n) is 4.59. The molecule has 0 saturated carbocycles. The van der Waals surface area contributed by atoms with Crippen molar-refractivity contribution in [2.45, 2.75) is 13.8 Å². The van der Waals surface area contributed by atoms with E-state index in [0.29, 0.717) is 11.3 Å². The van der Waals surface area contributed by atoms with Gasteiger partial charge in [-0.1, -0.05) is 15.9 Å². The SMILES string of the molecule is Cc1cc(Br)ccc1NC(=O)c1cc(N)c(C)c(F)c1. The highest BCUT2D eigenvalue weighted by Gasteiger charge is 2.12. The number of nitrogens with one attached hydrogen (secondary N) is 1. The maximum Gasteiger partial charge on any atom is 0.255 e. The molecule has 0 fully saturated rings. The lowest BCUT2D eigenvalue weighted by Crippen LogP contribution is -2.14.